The van der Waals surface area contributed by atoms with Gasteiger partial charge in [-0.05, 0) is 19.9 Å². The van der Waals surface area contributed by atoms with E-state index >= 15 is 0 Å². The molecular weight excluding hydrogens is 262 g/mol. The molecule has 0 rings (SSSR count). The molecule has 0 aromatic heterocycles. The first kappa shape index (κ1) is 17.6. The van der Waals surface area contributed by atoms with E-state index in [0.29, 0.717) is 0 Å². The molecule has 0 spiro atoms. The second-order valence-electron chi connectivity index (χ2n) is 4.17. The number of esters is 2. The number of carbonyl (C=O) groups excluding carboxylic acids is 3. The Labute approximate surface area is 118 Å². The monoisotopic (exact) mass is 281 g/mol. The zero-order chi connectivity index (χ0) is 15.7. The van der Waals surface area contributed by atoms with Crippen LogP contribution in [0.3, 0.4) is 0 Å². The van der Waals surface area contributed by atoms with Crippen molar-refractivity contribution in [2.45, 2.75) is 19.9 Å². The van der Waals surface area contributed by atoms with Crippen LogP contribution in [0.2, 0.25) is 0 Å². The smallest absolute Gasteiger partial charge is 0.333 e. The maximum absolute atomic E-state index is 11.3. The normalized spacial score (nSPS) is 9.55. The lowest BCUT2D eigenvalue weighted by atomic mass is 10.3. The maximum atomic E-state index is 11.3. The van der Waals surface area contributed by atoms with Crippen molar-refractivity contribution in [1.29, 1.82) is 0 Å². The summed E-state index contributed by atoms with van der Waals surface area (Å²) in [7, 11) is 0. The Kier molecular flexibility index (Phi) is 7.65. The SMILES string of the molecule is C=CC(=O)NC(COC(=O)C(=C)C)COC(=O)C(=C)C. The molecule has 0 saturated heterocycles. The zero-order valence-electron chi connectivity index (χ0n) is 11.7. The average Bonchev–Trinajstić information content (AvgIpc) is 2.40. The molecule has 0 saturated carbocycles. The fourth-order valence-electron chi connectivity index (χ4n) is 0.991. The Balaban J connectivity index is 4.48. The number of amides is 1. The molecule has 0 unspecified atom stereocenters. The Morgan fingerprint density at radius 3 is 1.75 bits per heavy atom. The van der Waals surface area contributed by atoms with Crippen molar-refractivity contribution < 1.29 is 23.9 Å². The van der Waals surface area contributed by atoms with Gasteiger partial charge in [0.15, 0.2) is 0 Å². The van der Waals surface area contributed by atoms with E-state index in [1.54, 1.807) is 0 Å². The van der Waals surface area contributed by atoms with Crippen LogP contribution in [0.15, 0.2) is 37.0 Å². The molecule has 6 heteroatoms. The van der Waals surface area contributed by atoms with Crippen molar-refractivity contribution in [3.8, 4) is 0 Å². The van der Waals surface area contributed by atoms with Crippen LogP contribution in [0, 0.1) is 0 Å². The van der Waals surface area contributed by atoms with Gasteiger partial charge in [0.05, 0.1) is 6.04 Å². The van der Waals surface area contributed by atoms with E-state index in [4.69, 9.17) is 9.47 Å². The summed E-state index contributed by atoms with van der Waals surface area (Å²) in [4.78, 5) is 33.8. The molecule has 0 heterocycles. The molecule has 0 radical (unpaired) electrons. The van der Waals surface area contributed by atoms with Crippen LogP contribution in [0.1, 0.15) is 13.8 Å². The second-order valence-corrected chi connectivity index (χ2v) is 4.17. The second kappa shape index (κ2) is 8.68. The molecule has 1 N–H and O–H groups in total. The molecular formula is C14H19NO5. The van der Waals surface area contributed by atoms with Crippen LogP contribution in [0.4, 0.5) is 0 Å². The van der Waals surface area contributed by atoms with E-state index in [0.717, 1.165) is 6.08 Å². The van der Waals surface area contributed by atoms with Crippen LogP contribution in [0.5, 0.6) is 0 Å². The Bertz CT molecular complexity index is 409. The lowest BCUT2D eigenvalue weighted by molar-refractivity contribution is -0.143. The third-order valence-corrected chi connectivity index (χ3v) is 2.06. The molecule has 0 atom stereocenters. The molecule has 0 aliphatic rings. The van der Waals surface area contributed by atoms with Crippen molar-refractivity contribution in [3.63, 3.8) is 0 Å². The summed E-state index contributed by atoms with van der Waals surface area (Å²) in [6.45, 7) is 12.9. The summed E-state index contributed by atoms with van der Waals surface area (Å²) in [5.41, 5.74) is 0.468. The fourth-order valence-corrected chi connectivity index (χ4v) is 0.991. The van der Waals surface area contributed by atoms with E-state index in [-0.39, 0.29) is 24.4 Å². The maximum Gasteiger partial charge on any atom is 0.333 e. The van der Waals surface area contributed by atoms with Crippen molar-refractivity contribution in [2.75, 3.05) is 13.2 Å². The van der Waals surface area contributed by atoms with Gasteiger partial charge in [-0.2, -0.15) is 0 Å². The lowest BCUT2D eigenvalue weighted by Gasteiger charge is -2.18. The van der Waals surface area contributed by atoms with E-state index in [9.17, 15) is 14.4 Å². The molecule has 0 aliphatic carbocycles. The van der Waals surface area contributed by atoms with Gasteiger partial charge < -0.3 is 14.8 Å². The summed E-state index contributed by atoms with van der Waals surface area (Å²) in [5.74, 6) is -1.64. The van der Waals surface area contributed by atoms with E-state index in [1.165, 1.54) is 13.8 Å². The Morgan fingerprint density at radius 1 is 1.05 bits per heavy atom. The van der Waals surface area contributed by atoms with Gasteiger partial charge in [0.2, 0.25) is 5.91 Å². The Morgan fingerprint density at radius 2 is 1.45 bits per heavy atom. The predicted octanol–water partition coefficient (Wildman–Crippen LogP) is 0.896. The molecule has 0 fully saturated rings. The number of ether oxygens (including phenoxy) is 2. The summed E-state index contributed by atoms with van der Waals surface area (Å²) in [5, 5.41) is 2.48. The highest BCUT2D eigenvalue weighted by molar-refractivity contribution is 5.88. The van der Waals surface area contributed by atoms with Crippen molar-refractivity contribution in [2.24, 2.45) is 0 Å². The highest BCUT2D eigenvalue weighted by Crippen LogP contribution is 1.98. The number of nitrogens with one attached hydrogen (secondary N) is 1. The van der Waals surface area contributed by atoms with Gasteiger partial charge >= 0.3 is 11.9 Å². The zero-order valence-corrected chi connectivity index (χ0v) is 11.7. The molecule has 0 bridgehead atoms. The molecule has 0 aliphatic heterocycles. The van der Waals surface area contributed by atoms with Crippen LogP contribution < -0.4 is 5.32 Å². The third kappa shape index (κ3) is 7.15. The molecule has 0 aromatic rings. The van der Waals surface area contributed by atoms with Crippen LogP contribution in [-0.2, 0) is 23.9 Å². The van der Waals surface area contributed by atoms with Crippen LogP contribution in [-0.4, -0.2) is 37.1 Å². The van der Waals surface area contributed by atoms with Gasteiger partial charge in [0.25, 0.3) is 0 Å². The summed E-state index contributed by atoms with van der Waals surface area (Å²) >= 11 is 0. The number of rotatable bonds is 8. The summed E-state index contributed by atoms with van der Waals surface area (Å²) < 4.78 is 9.81. The average molecular weight is 281 g/mol. The number of hydrogen-bond donors (Lipinski definition) is 1. The van der Waals surface area contributed by atoms with Gasteiger partial charge in [-0.15, -0.1) is 0 Å². The number of carbonyl (C=O) groups is 3. The molecule has 6 nitrogen and oxygen atoms in total. The largest absolute Gasteiger partial charge is 0.460 e. The summed E-state index contributed by atoms with van der Waals surface area (Å²) in [6.07, 6.45) is 1.06. The van der Waals surface area contributed by atoms with Crippen molar-refractivity contribution in [1.82, 2.24) is 5.32 Å². The first-order chi connectivity index (χ1) is 9.27. The van der Waals surface area contributed by atoms with Gasteiger partial charge in [0.1, 0.15) is 13.2 Å². The highest BCUT2D eigenvalue weighted by atomic mass is 16.5. The lowest BCUT2D eigenvalue weighted by Crippen LogP contribution is -2.41. The molecule has 0 aromatic carbocycles. The van der Waals surface area contributed by atoms with E-state index < -0.39 is 23.9 Å². The minimum atomic E-state index is -0.674. The minimum Gasteiger partial charge on any atom is -0.460 e. The quantitative estimate of drug-likeness (QED) is 0.528. The van der Waals surface area contributed by atoms with Crippen molar-refractivity contribution >= 4 is 17.8 Å². The molecule has 1 amide bonds. The van der Waals surface area contributed by atoms with Gasteiger partial charge in [-0.25, -0.2) is 9.59 Å². The fraction of sp³-hybridized carbons (Fsp3) is 0.357. The topological polar surface area (TPSA) is 81.7 Å². The third-order valence-electron chi connectivity index (χ3n) is 2.06. The predicted molar refractivity (Wildman–Crippen MR) is 73.7 cm³/mol. The van der Waals surface area contributed by atoms with Gasteiger partial charge in [-0.1, -0.05) is 19.7 Å². The van der Waals surface area contributed by atoms with Gasteiger partial charge in [-0.3, -0.25) is 4.79 Å². The molecule has 20 heavy (non-hydrogen) atoms. The Hall–Kier alpha value is -2.37. The number of hydrogen-bond acceptors (Lipinski definition) is 5. The van der Waals surface area contributed by atoms with Gasteiger partial charge in [0, 0.05) is 11.1 Å². The van der Waals surface area contributed by atoms with Crippen LogP contribution in [0.25, 0.3) is 0 Å². The van der Waals surface area contributed by atoms with E-state index in [2.05, 4.69) is 25.1 Å². The molecule has 110 valence electrons. The van der Waals surface area contributed by atoms with Crippen LogP contribution >= 0.6 is 0 Å². The minimum absolute atomic E-state index is 0.144. The summed E-state index contributed by atoms with van der Waals surface area (Å²) in [6, 6.07) is -0.674. The standard InChI is InChI=1S/C14H19NO5/c1-6-12(16)15-11(7-19-13(17)9(2)3)8-20-14(18)10(4)5/h6,11H,1-2,4,7-8H2,3,5H3,(H,15,16). The first-order valence-corrected chi connectivity index (χ1v) is 5.86. The highest BCUT2D eigenvalue weighted by Gasteiger charge is 2.16. The van der Waals surface area contributed by atoms with E-state index in [1.807, 2.05) is 0 Å². The van der Waals surface area contributed by atoms with Crippen molar-refractivity contribution in [3.05, 3.63) is 37.0 Å². The first-order valence-electron chi connectivity index (χ1n) is 5.86.